The molecule has 2 aliphatic rings. The lowest BCUT2D eigenvalue weighted by atomic mass is 10.0. The molecule has 3 rings (SSSR count). The van der Waals surface area contributed by atoms with Gasteiger partial charge in [-0.05, 0) is 12.8 Å². The summed E-state index contributed by atoms with van der Waals surface area (Å²) < 4.78 is 0. The molecule has 72 valence electrons. The van der Waals surface area contributed by atoms with Gasteiger partial charge in [0.2, 0.25) is 6.41 Å². The van der Waals surface area contributed by atoms with Crippen molar-refractivity contribution in [1.82, 2.24) is 14.9 Å². The molecular formula is C10H11N3O. The summed E-state index contributed by atoms with van der Waals surface area (Å²) in [5, 5.41) is 0. The van der Waals surface area contributed by atoms with Gasteiger partial charge in [-0.25, -0.2) is 9.97 Å². The van der Waals surface area contributed by atoms with Gasteiger partial charge in [0.15, 0.2) is 0 Å². The molecule has 1 aromatic rings. The van der Waals surface area contributed by atoms with Crippen molar-refractivity contribution in [2.75, 3.05) is 0 Å². The van der Waals surface area contributed by atoms with E-state index in [4.69, 9.17) is 0 Å². The van der Waals surface area contributed by atoms with Gasteiger partial charge in [-0.2, -0.15) is 0 Å². The minimum Gasteiger partial charge on any atom is -0.335 e. The lowest BCUT2D eigenvalue weighted by Gasteiger charge is -2.32. The molecule has 4 nitrogen and oxygen atoms in total. The molecule has 0 aromatic carbocycles. The van der Waals surface area contributed by atoms with Crippen LogP contribution < -0.4 is 0 Å². The van der Waals surface area contributed by atoms with E-state index in [-0.39, 0.29) is 6.04 Å². The van der Waals surface area contributed by atoms with Gasteiger partial charge in [-0.15, -0.1) is 0 Å². The van der Waals surface area contributed by atoms with E-state index < -0.39 is 0 Å². The molecule has 4 heteroatoms. The van der Waals surface area contributed by atoms with E-state index in [1.807, 2.05) is 11.1 Å². The van der Waals surface area contributed by atoms with Gasteiger partial charge in [-0.3, -0.25) is 4.79 Å². The second-order valence-electron chi connectivity index (χ2n) is 3.93. The van der Waals surface area contributed by atoms with E-state index in [0.29, 0.717) is 6.04 Å². The van der Waals surface area contributed by atoms with E-state index in [1.54, 1.807) is 6.33 Å². The lowest BCUT2D eigenvalue weighted by Crippen LogP contribution is -2.36. The molecule has 3 heterocycles. The van der Waals surface area contributed by atoms with Crippen LogP contribution in [0.3, 0.4) is 0 Å². The van der Waals surface area contributed by atoms with Crippen LogP contribution in [0.2, 0.25) is 0 Å². The van der Waals surface area contributed by atoms with E-state index in [2.05, 4.69) is 9.97 Å². The van der Waals surface area contributed by atoms with Crippen LogP contribution in [0.5, 0.6) is 0 Å². The molecule has 0 spiro atoms. The van der Waals surface area contributed by atoms with Crippen LogP contribution in [0.1, 0.15) is 30.1 Å². The maximum absolute atomic E-state index is 10.9. The molecule has 1 amide bonds. The Morgan fingerprint density at radius 2 is 2.43 bits per heavy atom. The average molecular weight is 189 g/mol. The molecule has 2 unspecified atom stereocenters. The van der Waals surface area contributed by atoms with E-state index in [9.17, 15) is 4.79 Å². The highest BCUT2D eigenvalue weighted by Crippen LogP contribution is 2.41. The highest BCUT2D eigenvalue weighted by molar-refractivity contribution is 5.52. The van der Waals surface area contributed by atoms with Crippen molar-refractivity contribution in [2.45, 2.75) is 31.3 Å². The zero-order valence-corrected chi connectivity index (χ0v) is 7.76. The SMILES string of the molecule is O=CN1C2CCC1c1cncnc1C2. The first kappa shape index (κ1) is 7.91. The van der Waals surface area contributed by atoms with E-state index >= 15 is 0 Å². The molecule has 1 saturated heterocycles. The molecule has 1 aromatic heterocycles. The number of fused-ring (bicyclic) bond motifs is 4. The fraction of sp³-hybridized carbons (Fsp3) is 0.500. The van der Waals surface area contributed by atoms with Gasteiger partial charge < -0.3 is 4.90 Å². The molecule has 0 saturated carbocycles. The molecule has 0 aliphatic carbocycles. The summed E-state index contributed by atoms with van der Waals surface area (Å²) in [6.45, 7) is 0. The smallest absolute Gasteiger partial charge is 0.210 e. The van der Waals surface area contributed by atoms with Crippen molar-refractivity contribution in [3.8, 4) is 0 Å². The van der Waals surface area contributed by atoms with Crippen LogP contribution in [0, 0.1) is 0 Å². The van der Waals surface area contributed by atoms with Crippen LogP contribution in [0.25, 0.3) is 0 Å². The third-order valence-corrected chi connectivity index (χ3v) is 3.29. The summed E-state index contributed by atoms with van der Waals surface area (Å²) in [7, 11) is 0. The number of aromatic nitrogens is 2. The van der Waals surface area contributed by atoms with Gasteiger partial charge >= 0.3 is 0 Å². The quantitative estimate of drug-likeness (QED) is 0.611. The zero-order valence-electron chi connectivity index (χ0n) is 7.76. The summed E-state index contributed by atoms with van der Waals surface area (Å²) in [6, 6.07) is 0.613. The first-order chi connectivity index (χ1) is 6.90. The lowest BCUT2D eigenvalue weighted by molar-refractivity contribution is -0.121. The fourth-order valence-electron chi connectivity index (χ4n) is 2.62. The van der Waals surface area contributed by atoms with Crippen molar-refractivity contribution < 1.29 is 4.79 Å². The maximum atomic E-state index is 10.9. The maximum Gasteiger partial charge on any atom is 0.210 e. The minimum absolute atomic E-state index is 0.238. The van der Waals surface area contributed by atoms with Crippen molar-refractivity contribution >= 4 is 6.41 Å². The summed E-state index contributed by atoms with van der Waals surface area (Å²) in [6.07, 6.45) is 7.47. The Morgan fingerprint density at radius 1 is 1.50 bits per heavy atom. The average Bonchev–Trinajstić information content (AvgIpc) is 2.53. The predicted octanol–water partition coefficient (Wildman–Crippen LogP) is 0.695. The second-order valence-corrected chi connectivity index (χ2v) is 3.93. The Bertz CT molecular complexity index is 379. The van der Waals surface area contributed by atoms with Crippen molar-refractivity contribution in [2.24, 2.45) is 0 Å². The molecule has 0 N–H and O–H groups in total. The normalized spacial score (nSPS) is 28.7. The molecule has 2 aliphatic heterocycles. The van der Waals surface area contributed by atoms with Gasteiger partial charge in [0, 0.05) is 24.2 Å². The number of amides is 1. The Morgan fingerprint density at radius 3 is 3.29 bits per heavy atom. The first-order valence-electron chi connectivity index (χ1n) is 4.91. The van der Waals surface area contributed by atoms with Crippen molar-refractivity contribution in [1.29, 1.82) is 0 Å². The van der Waals surface area contributed by atoms with Crippen LogP contribution in [0.4, 0.5) is 0 Å². The van der Waals surface area contributed by atoms with Gasteiger partial charge in [0.1, 0.15) is 6.33 Å². The van der Waals surface area contributed by atoms with Crippen LogP contribution in [-0.2, 0) is 11.2 Å². The van der Waals surface area contributed by atoms with Gasteiger partial charge in [0.25, 0.3) is 0 Å². The number of rotatable bonds is 1. The highest BCUT2D eigenvalue weighted by Gasteiger charge is 2.39. The predicted molar refractivity (Wildman–Crippen MR) is 49.4 cm³/mol. The Kier molecular flexibility index (Phi) is 1.56. The third-order valence-electron chi connectivity index (χ3n) is 3.29. The number of nitrogens with zero attached hydrogens (tertiary/aromatic N) is 3. The number of carbonyl (C=O) groups is 1. The highest BCUT2D eigenvalue weighted by atomic mass is 16.1. The monoisotopic (exact) mass is 189 g/mol. The van der Waals surface area contributed by atoms with Crippen LogP contribution >= 0.6 is 0 Å². The van der Waals surface area contributed by atoms with Gasteiger partial charge in [0.05, 0.1) is 11.7 Å². The summed E-state index contributed by atoms with van der Waals surface area (Å²) in [5.74, 6) is 0. The third kappa shape index (κ3) is 0.908. The Hall–Kier alpha value is -1.45. The number of hydrogen-bond donors (Lipinski definition) is 0. The summed E-state index contributed by atoms with van der Waals surface area (Å²) >= 11 is 0. The molecular weight excluding hydrogens is 178 g/mol. The Labute approximate surface area is 82.0 Å². The standard InChI is InChI=1S/C10H11N3O/c14-6-13-7-1-2-10(13)8-4-11-5-12-9(8)3-7/h4-7,10H,1-3H2. The molecule has 2 atom stereocenters. The van der Waals surface area contributed by atoms with Crippen LogP contribution in [0.15, 0.2) is 12.5 Å². The number of hydrogen-bond acceptors (Lipinski definition) is 3. The summed E-state index contributed by atoms with van der Waals surface area (Å²) in [5.41, 5.74) is 2.28. The molecule has 2 bridgehead atoms. The molecule has 14 heavy (non-hydrogen) atoms. The van der Waals surface area contributed by atoms with E-state index in [0.717, 1.165) is 36.9 Å². The topological polar surface area (TPSA) is 46.1 Å². The molecule has 1 fully saturated rings. The van der Waals surface area contributed by atoms with Crippen LogP contribution in [-0.4, -0.2) is 27.3 Å². The minimum atomic E-state index is 0.238. The van der Waals surface area contributed by atoms with E-state index in [1.165, 1.54) is 0 Å². The molecule has 0 radical (unpaired) electrons. The fourth-order valence-corrected chi connectivity index (χ4v) is 2.62. The largest absolute Gasteiger partial charge is 0.335 e. The van der Waals surface area contributed by atoms with Gasteiger partial charge in [-0.1, -0.05) is 0 Å². The van der Waals surface area contributed by atoms with Crippen molar-refractivity contribution in [3.05, 3.63) is 23.8 Å². The first-order valence-corrected chi connectivity index (χ1v) is 4.91. The Balaban J connectivity index is 2.10. The second kappa shape index (κ2) is 2.77. The van der Waals surface area contributed by atoms with Crippen molar-refractivity contribution in [3.63, 3.8) is 0 Å². The summed E-state index contributed by atoms with van der Waals surface area (Å²) in [4.78, 5) is 21.1. The zero-order chi connectivity index (χ0) is 9.54. The number of carbonyl (C=O) groups excluding carboxylic acids is 1.